The maximum absolute atomic E-state index is 5.41. The molecule has 19 heavy (non-hydrogen) atoms. The van der Waals surface area contributed by atoms with E-state index in [0.29, 0.717) is 0 Å². The average Bonchev–Trinajstić information content (AvgIpc) is 2.49. The van der Waals surface area contributed by atoms with Gasteiger partial charge in [0.05, 0.1) is 0 Å². The third kappa shape index (κ3) is 4.53. The van der Waals surface area contributed by atoms with Gasteiger partial charge in [0.25, 0.3) is 0 Å². The Morgan fingerprint density at radius 2 is 1.47 bits per heavy atom. The van der Waals surface area contributed by atoms with Gasteiger partial charge in [0.2, 0.25) is 0 Å². The zero-order valence-electron chi connectivity index (χ0n) is 10.3. The fraction of sp³-hybridized carbons (Fsp3) is 0.0625. The highest BCUT2D eigenvalue weighted by Crippen LogP contribution is 2.22. The summed E-state index contributed by atoms with van der Waals surface area (Å²) in [5, 5.41) is 2.05. The van der Waals surface area contributed by atoms with Crippen molar-refractivity contribution in [3.8, 4) is 0 Å². The molecule has 0 nitrogen and oxygen atoms in total. The van der Waals surface area contributed by atoms with Crippen molar-refractivity contribution in [2.24, 2.45) is 0 Å². The van der Waals surface area contributed by atoms with Gasteiger partial charge >= 0.3 is 0 Å². The maximum atomic E-state index is 5.41. The van der Waals surface area contributed by atoms with E-state index >= 15 is 0 Å². The molecule has 0 N–H and O–H groups in total. The van der Waals surface area contributed by atoms with Crippen molar-refractivity contribution >= 4 is 46.4 Å². The van der Waals surface area contributed by atoms with Gasteiger partial charge in [0.1, 0.15) is 0 Å². The minimum Gasteiger partial charge on any atom is -0.142 e. The molecule has 0 aliphatic rings. The topological polar surface area (TPSA) is 0 Å². The van der Waals surface area contributed by atoms with Crippen LogP contribution in [0.15, 0.2) is 66.1 Å². The molecule has 0 aliphatic heterocycles. The second kappa shape index (κ2) is 7.53. The second-order valence-corrected chi connectivity index (χ2v) is 5.80. The molecule has 2 rings (SSSR count). The van der Waals surface area contributed by atoms with Crippen LogP contribution in [0.4, 0.5) is 0 Å². The smallest absolute Gasteiger partial charge is 0.0335 e. The van der Waals surface area contributed by atoms with Crippen molar-refractivity contribution < 1.29 is 0 Å². The molecule has 0 saturated carbocycles. The van der Waals surface area contributed by atoms with Crippen LogP contribution < -0.4 is 0 Å². The summed E-state index contributed by atoms with van der Waals surface area (Å²) in [6, 6.07) is 20.2. The van der Waals surface area contributed by atoms with E-state index in [0.717, 1.165) is 26.6 Å². The Bertz CT molecular complexity index is 559. The summed E-state index contributed by atoms with van der Waals surface area (Å²) in [7, 11) is 0. The molecule has 0 spiro atoms. The molecule has 2 aromatic rings. The third-order valence-electron chi connectivity index (χ3n) is 2.57. The number of benzene rings is 2. The Morgan fingerprint density at radius 3 is 2.05 bits per heavy atom. The van der Waals surface area contributed by atoms with Gasteiger partial charge in [0, 0.05) is 15.5 Å². The van der Waals surface area contributed by atoms with Crippen molar-refractivity contribution in [1.82, 2.24) is 0 Å². The number of hydrogen-bond donors (Lipinski definition) is 1. The standard InChI is InChI=1S/C16H14S3/c17-15(13-7-3-1-4-8-13)11-19-12-16(18)14-9-5-2-6-10-14/h1-11,17H,12H2/b15-11+. The molecule has 0 bridgehead atoms. The molecule has 96 valence electrons. The van der Waals surface area contributed by atoms with Gasteiger partial charge in [-0.15, -0.1) is 24.4 Å². The molecular formula is C16H14S3. The minimum atomic E-state index is 0.802. The first kappa shape index (κ1) is 14.4. The van der Waals surface area contributed by atoms with Crippen molar-refractivity contribution in [2.45, 2.75) is 0 Å². The van der Waals surface area contributed by atoms with Crippen LogP contribution in [0.5, 0.6) is 0 Å². The molecule has 0 atom stereocenters. The highest BCUT2D eigenvalue weighted by molar-refractivity contribution is 8.05. The van der Waals surface area contributed by atoms with Crippen molar-refractivity contribution in [1.29, 1.82) is 0 Å². The van der Waals surface area contributed by atoms with Crippen LogP contribution >= 0.6 is 36.6 Å². The normalized spacial score (nSPS) is 11.3. The lowest BCUT2D eigenvalue weighted by Gasteiger charge is -2.03. The lowest BCUT2D eigenvalue weighted by atomic mass is 10.2. The Hall–Kier alpha value is -1.03. The number of thioether (sulfide) groups is 1. The van der Waals surface area contributed by atoms with Crippen LogP contribution in [0.25, 0.3) is 4.91 Å². The highest BCUT2D eigenvalue weighted by Gasteiger charge is 2.00. The van der Waals surface area contributed by atoms with Gasteiger partial charge in [0.15, 0.2) is 0 Å². The maximum Gasteiger partial charge on any atom is 0.0335 e. The number of rotatable bonds is 5. The first-order chi connectivity index (χ1) is 9.27. The number of thiol groups is 1. The van der Waals surface area contributed by atoms with Crippen LogP contribution in [-0.2, 0) is 0 Å². The molecule has 0 amide bonds. The predicted octanol–water partition coefficient (Wildman–Crippen LogP) is 5.07. The monoisotopic (exact) mass is 302 g/mol. The van der Waals surface area contributed by atoms with Crippen molar-refractivity contribution in [3.05, 3.63) is 77.2 Å². The average molecular weight is 302 g/mol. The fourth-order valence-corrected chi connectivity index (χ4v) is 2.99. The summed E-state index contributed by atoms with van der Waals surface area (Å²) in [6.45, 7) is 0. The van der Waals surface area contributed by atoms with E-state index < -0.39 is 0 Å². The molecule has 0 aromatic heterocycles. The van der Waals surface area contributed by atoms with Crippen LogP contribution in [0.2, 0.25) is 0 Å². The molecule has 3 heteroatoms. The Labute approximate surface area is 129 Å². The summed E-state index contributed by atoms with van der Waals surface area (Å²) in [4.78, 5) is 1.94. The zero-order valence-corrected chi connectivity index (χ0v) is 12.8. The first-order valence-electron chi connectivity index (χ1n) is 5.92. The molecule has 0 unspecified atom stereocenters. The molecule has 0 saturated heterocycles. The van der Waals surface area contributed by atoms with Gasteiger partial charge in [-0.05, 0) is 16.5 Å². The summed E-state index contributed by atoms with van der Waals surface area (Å²) in [5.74, 6) is 0.802. The fourth-order valence-electron chi connectivity index (χ4n) is 1.58. The summed E-state index contributed by atoms with van der Waals surface area (Å²) in [6.07, 6.45) is 0. The summed E-state index contributed by atoms with van der Waals surface area (Å²) >= 11 is 11.6. The van der Waals surface area contributed by atoms with Gasteiger partial charge < -0.3 is 0 Å². The summed E-state index contributed by atoms with van der Waals surface area (Å²) < 4.78 is 0. The number of hydrogen-bond acceptors (Lipinski definition) is 3. The Kier molecular flexibility index (Phi) is 5.70. The van der Waals surface area contributed by atoms with Crippen LogP contribution in [-0.4, -0.2) is 10.6 Å². The van der Waals surface area contributed by atoms with Crippen LogP contribution in [0, 0.1) is 0 Å². The van der Waals surface area contributed by atoms with Gasteiger partial charge in [-0.25, -0.2) is 0 Å². The highest BCUT2D eigenvalue weighted by atomic mass is 32.2. The van der Waals surface area contributed by atoms with E-state index in [1.165, 1.54) is 0 Å². The third-order valence-corrected chi connectivity index (χ3v) is 4.56. The van der Waals surface area contributed by atoms with Gasteiger partial charge in [-0.2, -0.15) is 0 Å². The minimum absolute atomic E-state index is 0.802. The lowest BCUT2D eigenvalue weighted by Crippen LogP contribution is -1.99. The molecule has 2 aromatic carbocycles. The number of thiocarbonyl (C=S) groups is 1. The van der Waals surface area contributed by atoms with Gasteiger partial charge in [-0.3, -0.25) is 0 Å². The van der Waals surface area contributed by atoms with Gasteiger partial charge in [-0.1, -0.05) is 72.9 Å². The van der Waals surface area contributed by atoms with Crippen LogP contribution in [0.3, 0.4) is 0 Å². The van der Waals surface area contributed by atoms with E-state index in [4.69, 9.17) is 12.2 Å². The SMILES string of the molecule is S=C(CS/C=C(/S)c1ccccc1)c1ccccc1. The van der Waals surface area contributed by atoms with Crippen molar-refractivity contribution in [3.63, 3.8) is 0 Å². The van der Waals surface area contributed by atoms with E-state index in [1.54, 1.807) is 11.8 Å². The second-order valence-electron chi connectivity index (χ2n) is 3.97. The Morgan fingerprint density at radius 1 is 0.947 bits per heavy atom. The summed E-state index contributed by atoms with van der Waals surface area (Å²) in [5.41, 5.74) is 2.25. The quantitative estimate of drug-likeness (QED) is 0.465. The predicted molar refractivity (Wildman–Crippen MR) is 94.0 cm³/mol. The zero-order chi connectivity index (χ0) is 13.5. The molecule has 0 fully saturated rings. The van der Waals surface area contributed by atoms with Crippen LogP contribution in [0.1, 0.15) is 11.1 Å². The molecule has 0 radical (unpaired) electrons. The largest absolute Gasteiger partial charge is 0.142 e. The van der Waals surface area contributed by atoms with E-state index in [-0.39, 0.29) is 0 Å². The lowest BCUT2D eigenvalue weighted by molar-refractivity contribution is 1.65. The molecule has 0 aliphatic carbocycles. The molecule has 0 heterocycles. The molecular weight excluding hydrogens is 288 g/mol. The van der Waals surface area contributed by atoms with E-state index in [9.17, 15) is 0 Å². The van der Waals surface area contributed by atoms with E-state index in [2.05, 4.69) is 24.8 Å². The van der Waals surface area contributed by atoms with E-state index in [1.807, 2.05) is 53.9 Å². The van der Waals surface area contributed by atoms with Crippen molar-refractivity contribution in [2.75, 3.05) is 5.75 Å². The first-order valence-corrected chi connectivity index (χ1v) is 7.82. The Balaban J connectivity index is 1.92.